The van der Waals surface area contributed by atoms with Crippen molar-refractivity contribution in [2.45, 2.75) is 39.4 Å². The first-order valence-corrected chi connectivity index (χ1v) is 11.2. The molecule has 3 aromatic heterocycles. The first kappa shape index (κ1) is 25.2. The van der Waals surface area contributed by atoms with E-state index in [9.17, 15) is 22.8 Å². The summed E-state index contributed by atoms with van der Waals surface area (Å²) in [5.41, 5.74) is 2.08. The molecule has 0 radical (unpaired) electrons. The van der Waals surface area contributed by atoms with Crippen molar-refractivity contribution in [3.05, 3.63) is 81.5 Å². The molecule has 0 aliphatic carbocycles. The highest BCUT2D eigenvalue weighted by Gasteiger charge is 2.37. The van der Waals surface area contributed by atoms with Crippen LogP contribution in [0, 0.1) is 6.92 Å². The number of benzene rings is 1. The summed E-state index contributed by atoms with van der Waals surface area (Å²) >= 11 is 6.29. The summed E-state index contributed by atoms with van der Waals surface area (Å²) in [6.07, 6.45) is -3.11. The number of pyridine rings is 1. The summed E-state index contributed by atoms with van der Waals surface area (Å²) in [6, 6.07) is 9.81. The minimum atomic E-state index is -4.75. The van der Waals surface area contributed by atoms with Gasteiger partial charge in [-0.05, 0) is 41.5 Å². The van der Waals surface area contributed by atoms with Gasteiger partial charge in [0.25, 0.3) is 5.82 Å². The molecule has 9 nitrogen and oxygen atoms in total. The van der Waals surface area contributed by atoms with Gasteiger partial charge < -0.3 is 0 Å². The Bertz CT molecular complexity index is 1450. The first-order chi connectivity index (χ1) is 17.1. The van der Waals surface area contributed by atoms with Crippen molar-refractivity contribution in [3.63, 3.8) is 0 Å². The number of alkyl halides is 3. The lowest BCUT2D eigenvalue weighted by atomic mass is 9.93. The highest BCUT2D eigenvalue weighted by atomic mass is 35.5. The Labute approximate surface area is 207 Å². The number of Topliss-reactive ketones (excluding diaryl/α,β-unsaturated/α-hetero) is 2. The van der Waals surface area contributed by atoms with Crippen molar-refractivity contribution in [3.8, 4) is 5.82 Å². The van der Waals surface area contributed by atoms with Crippen molar-refractivity contribution in [1.82, 2.24) is 35.0 Å². The summed E-state index contributed by atoms with van der Waals surface area (Å²) in [5.74, 6) is -1.72. The van der Waals surface area contributed by atoms with Crippen molar-refractivity contribution < 1.29 is 22.8 Å². The lowest BCUT2D eigenvalue weighted by molar-refractivity contribution is -0.145. The van der Waals surface area contributed by atoms with Crippen molar-refractivity contribution in [2.75, 3.05) is 0 Å². The van der Waals surface area contributed by atoms with Gasteiger partial charge in [-0.1, -0.05) is 36.7 Å². The standard InChI is InChI=1S/C23H19ClF3N7O2/c1-3-19(35)15-7-4-6-13(2)16(15)11-20(36)18-10-14(12-33-31-22(29-32-33)23(25,26)27)30-34(18)21-17(24)8-5-9-28-21/h4-10H,3,11-12H2,1-2H3. The van der Waals surface area contributed by atoms with Gasteiger partial charge in [0.2, 0.25) is 0 Å². The van der Waals surface area contributed by atoms with Gasteiger partial charge in [-0.25, -0.2) is 9.67 Å². The maximum absolute atomic E-state index is 13.5. The molecule has 0 spiro atoms. The van der Waals surface area contributed by atoms with E-state index in [0.717, 1.165) is 10.4 Å². The number of carbonyl (C=O) groups is 2. The average molecular weight is 518 g/mol. The number of carbonyl (C=O) groups excluding carboxylic acids is 2. The minimum absolute atomic E-state index is 0.0833. The van der Waals surface area contributed by atoms with Crippen LogP contribution in [0.4, 0.5) is 13.2 Å². The van der Waals surface area contributed by atoms with Crippen LogP contribution in [0.1, 0.15) is 56.8 Å². The van der Waals surface area contributed by atoms with E-state index in [4.69, 9.17) is 11.6 Å². The smallest absolute Gasteiger partial charge is 0.294 e. The van der Waals surface area contributed by atoms with Crippen LogP contribution in [0.3, 0.4) is 0 Å². The van der Waals surface area contributed by atoms with Crippen LogP contribution in [0.2, 0.25) is 5.02 Å². The molecule has 0 saturated heterocycles. The van der Waals surface area contributed by atoms with Gasteiger partial charge in [-0.15, -0.1) is 10.2 Å². The number of rotatable bonds is 8. The number of ketones is 2. The van der Waals surface area contributed by atoms with Crippen LogP contribution in [-0.2, 0) is 19.1 Å². The number of nitrogens with zero attached hydrogens (tertiary/aromatic N) is 7. The molecule has 0 aliphatic heterocycles. The first-order valence-electron chi connectivity index (χ1n) is 10.8. The lowest BCUT2D eigenvalue weighted by Crippen LogP contribution is -2.15. The molecule has 3 heterocycles. The molecule has 0 saturated carbocycles. The molecule has 13 heteroatoms. The van der Waals surface area contributed by atoms with Crippen LogP contribution in [0.25, 0.3) is 5.82 Å². The quantitative estimate of drug-likeness (QED) is 0.320. The highest BCUT2D eigenvalue weighted by molar-refractivity contribution is 6.32. The molecule has 0 amide bonds. The Morgan fingerprint density at radius 2 is 1.86 bits per heavy atom. The van der Waals surface area contributed by atoms with E-state index in [1.54, 1.807) is 31.2 Å². The van der Waals surface area contributed by atoms with Crippen LogP contribution < -0.4 is 0 Å². The van der Waals surface area contributed by atoms with Gasteiger partial charge in [0, 0.05) is 24.6 Å². The largest absolute Gasteiger partial charge is 0.455 e. The van der Waals surface area contributed by atoms with E-state index in [-0.39, 0.29) is 47.4 Å². The SMILES string of the molecule is CCC(=O)c1cccc(C)c1CC(=O)c1cc(Cn2nnc(C(F)(F)F)n2)nn1-c1ncccc1Cl. The predicted octanol–water partition coefficient (Wildman–Crippen LogP) is 4.30. The molecule has 0 unspecified atom stereocenters. The number of hydrogen-bond acceptors (Lipinski definition) is 7. The van der Waals surface area contributed by atoms with Crippen molar-refractivity contribution >= 4 is 23.2 Å². The van der Waals surface area contributed by atoms with Crippen LogP contribution in [-0.4, -0.2) is 46.5 Å². The second-order valence-electron chi connectivity index (χ2n) is 7.86. The summed E-state index contributed by atoms with van der Waals surface area (Å²) in [5, 5.41) is 14.3. The van der Waals surface area contributed by atoms with Crippen LogP contribution >= 0.6 is 11.6 Å². The van der Waals surface area contributed by atoms with E-state index in [2.05, 4.69) is 25.5 Å². The van der Waals surface area contributed by atoms with Crippen LogP contribution in [0.15, 0.2) is 42.6 Å². The Morgan fingerprint density at radius 3 is 2.53 bits per heavy atom. The average Bonchev–Trinajstić information content (AvgIpc) is 3.48. The van der Waals surface area contributed by atoms with Gasteiger partial charge >= 0.3 is 6.18 Å². The van der Waals surface area contributed by atoms with Crippen LogP contribution in [0.5, 0.6) is 0 Å². The third-order valence-electron chi connectivity index (χ3n) is 5.36. The fourth-order valence-corrected chi connectivity index (χ4v) is 3.81. The van der Waals surface area contributed by atoms with Gasteiger partial charge in [-0.3, -0.25) is 9.59 Å². The summed E-state index contributed by atoms with van der Waals surface area (Å²) < 4.78 is 39.8. The Balaban J connectivity index is 1.74. The van der Waals surface area contributed by atoms with Gasteiger partial charge in [-0.2, -0.15) is 23.1 Å². The zero-order valence-corrected chi connectivity index (χ0v) is 19.9. The van der Waals surface area contributed by atoms with Gasteiger partial charge in [0.15, 0.2) is 17.4 Å². The maximum Gasteiger partial charge on any atom is 0.455 e. The summed E-state index contributed by atoms with van der Waals surface area (Å²) in [6.45, 7) is 3.26. The summed E-state index contributed by atoms with van der Waals surface area (Å²) in [7, 11) is 0. The summed E-state index contributed by atoms with van der Waals surface area (Å²) in [4.78, 5) is 30.9. The monoisotopic (exact) mass is 517 g/mol. The Kier molecular flexibility index (Phi) is 6.97. The molecule has 4 aromatic rings. The molecule has 186 valence electrons. The molecule has 1 aromatic carbocycles. The minimum Gasteiger partial charge on any atom is -0.294 e. The lowest BCUT2D eigenvalue weighted by Gasteiger charge is -2.12. The van der Waals surface area contributed by atoms with Crippen molar-refractivity contribution in [2.24, 2.45) is 0 Å². The normalized spacial score (nSPS) is 11.6. The van der Waals surface area contributed by atoms with E-state index in [1.165, 1.54) is 16.9 Å². The molecule has 0 N–H and O–H groups in total. The predicted molar refractivity (Wildman–Crippen MR) is 122 cm³/mol. The van der Waals surface area contributed by atoms with Crippen molar-refractivity contribution in [1.29, 1.82) is 0 Å². The Hall–Kier alpha value is -3.93. The van der Waals surface area contributed by atoms with E-state index in [0.29, 0.717) is 11.1 Å². The van der Waals surface area contributed by atoms with E-state index in [1.807, 2.05) is 13.0 Å². The molecule has 36 heavy (non-hydrogen) atoms. The number of hydrogen-bond donors (Lipinski definition) is 0. The second kappa shape index (κ2) is 9.97. The third-order valence-corrected chi connectivity index (χ3v) is 5.66. The number of tetrazole rings is 1. The number of aromatic nitrogens is 7. The molecule has 4 rings (SSSR count). The zero-order chi connectivity index (χ0) is 26.0. The van der Waals surface area contributed by atoms with E-state index >= 15 is 0 Å². The Morgan fingerprint density at radius 1 is 1.08 bits per heavy atom. The van der Waals surface area contributed by atoms with Gasteiger partial charge in [0.05, 0.1) is 10.7 Å². The fourth-order valence-electron chi connectivity index (χ4n) is 3.61. The zero-order valence-electron chi connectivity index (χ0n) is 19.1. The molecular weight excluding hydrogens is 499 g/mol. The fraction of sp³-hybridized carbons (Fsp3) is 0.261. The second-order valence-corrected chi connectivity index (χ2v) is 8.27. The molecule has 0 atom stereocenters. The molecular formula is C23H19ClF3N7O2. The third kappa shape index (κ3) is 5.18. The molecule has 0 aliphatic rings. The van der Waals surface area contributed by atoms with E-state index < -0.39 is 17.8 Å². The topological polar surface area (TPSA) is 108 Å². The maximum atomic E-state index is 13.5. The molecule has 0 bridgehead atoms. The highest BCUT2D eigenvalue weighted by Crippen LogP contribution is 2.26. The van der Waals surface area contributed by atoms with Gasteiger partial charge in [0.1, 0.15) is 12.2 Å². The molecule has 0 fully saturated rings. The number of aryl methyl sites for hydroxylation is 1. The number of halogens is 4.